The molecular formula is C14H11Cl2N3O4S. The van der Waals surface area contributed by atoms with E-state index in [1.54, 1.807) is 18.2 Å². The Morgan fingerprint density at radius 3 is 2.62 bits per heavy atom. The van der Waals surface area contributed by atoms with Crippen LogP contribution in [0.15, 0.2) is 46.4 Å². The van der Waals surface area contributed by atoms with Gasteiger partial charge in [0.25, 0.3) is 15.7 Å². The second-order valence-corrected chi connectivity index (χ2v) is 7.15. The van der Waals surface area contributed by atoms with Crippen LogP contribution in [-0.4, -0.2) is 19.6 Å². The van der Waals surface area contributed by atoms with Gasteiger partial charge in [0.05, 0.1) is 26.1 Å². The van der Waals surface area contributed by atoms with Gasteiger partial charge < -0.3 is 0 Å². The van der Waals surface area contributed by atoms with E-state index < -0.39 is 14.9 Å². The van der Waals surface area contributed by atoms with Crippen molar-refractivity contribution in [3.8, 4) is 0 Å². The van der Waals surface area contributed by atoms with Crippen LogP contribution in [0.5, 0.6) is 0 Å². The molecule has 0 aromatic heterocycles. The molecule has 0 radical (unpaired) electrons. The van der Waals surface area contributed by atoms with Crippen molar-refractivity contribution in [2.45, 2.75) is 11.8 Å². The summed E-state index contributed by atoms with van der Waals surface area (Å²) in [5.74, 6) is 0. The molecule has 0 atom stereocenters. The first-order valence-electron chi connectivity index (χ1n) is 6.46. The van der Waals surface area contributed by atoms with Gasteiger partial charge in [0.15, 0.2) is 0 Å². The lowest BCUT2D eigenvalue weighted by atomic mass is 10.2. The predicted molar refractivity (Wildman–Crippen MR) is 92.2 cm³/mol. The Balaban J connectivity index is 2.26. The predicted octanol–water partition coefficient (Wildman–Crippen LogP) is 3.52. The van der Waals surface area contributed by atoms with Gasteiger partial charge in [0, 0.05) is 17.2 Å². The second-order valence-electron chi connectivity index (χ2n) is 4.70. The maximum absolute atomic E-state index is 12.2. The fourth-order valence-corrected chi connectivity index (χ4v) is 2.96. The molecule has 0 aliphatic rings. The molecule has 0 amide bonds. The third kappa shape index (κ3) is 4.02. The molecular weight excluding hydrogens is 377 g/mol. The average Bonchev–Trinajstić information content (AvgIpc) is 2.51. The Bertz CT molecular complexity index is 930. The van der Waals surface area contributed by atoms with E-state index in [1.165, 1.54) is 25.3 Å². The topological polar surface area (TPSA) is 102 Å². The van der Waals surface area contributed by atoms with Crippen molar-refractivity contribution in [1.82, 2.24) is 4.83 Å². The number of nitrogens with zero attached hydrogens (tertiary/aromatic N) is 2. The molecule has 1 N–H and O–H groups in total. The average molecular weight is 388 g/mol. The zero-order valence-electron chi connectivity index (χ0n) is 12.2. The molecule has 2 aromatic rings. The second kappa shape index (κ2) is 7.16. The number of halogens is 2. The monoisotopic (exact) mass is 387 g/mol. The fourth-order valence-electron chi connectivity index (χ4n) is 1.79. The summed E-state index contributed by atoms with van der Waals surface area (Å²) in [7, 11) is -4.05. The first-order valence-corrected chi connectivity index (χ1v) is 8.70. The number of hydrogen-bond acceptors (Lipinski definition) is 5. The number of hydrazone groups is 1. The summed E-state index contributed by atoms with van der Waals surface area (Å²) in [5, 5.41) is 15.0. The summed E-state index contributed by atoms with van der Waals surface area (Å²) in [6.07, 6.45) is 1.19. The van der Waals surface area contributed by atoms with Gasteiger partial charge in [-0.05, 0) is 19.1 Å². The molecule has 24 heavy (non-hydrogen) atoms. The zero-order valence-corrected chi connectivity index (χ0v) is 14.6. The van der Waals surface area contributed by atoms with Crippen LogP contribution in [0.4, 0.5) is 5.69 Å². The highest BCUT2D eigenvalue weighted by Gasteiger charge is 2.19. The summed E-state index contributed by atoms with van der Waals surface area (Å²) >= 11 is 11.8. The number of nitro benzene ring substituents is 1. The number of hydrogen-bond donors (Lipinski definition) is 1. The summed E-state index contributed by atoms with van der Waals surface area (Å²) in [5.41, 5.74) is 0.481. The van der Waals surface area contributed by atoms with Crippen LogP contribution in [0.25, 0.3) is 0 Å². The molecule has 0 saturated heterocycles. The first kappa shape index (κ1) is 18.2. The third-order valence-electron chi connectivity index (χ3n) is 3.05. The third-order valence-corrected chi connectivity index (χ3v) is 5.10. The lowest BCUT2D eigenvalue weighted by Gasteiger charge is -2.05. The van der Waals surface area contributed by atoms with Gasteiger partial charge in [-0.2, -0.15) is 13.5 Å². The molecule has 2 rings (SSSR count). The largest absolute Gasteiger partial charge is 0.276 e. The van der Waals surface area contributed by atoms with Gasteiger partial charge >= 0.3 is 0 Å². The van der Waals surface area contributed by atoms with E-state index in [4.69, 9.17) is 23.2 Å². The van der Waals surface area contributed by atoms with Crippen molar-refractivity contribution < 1.29 is 13.3 Å². The van der Waals surface area contributed by atoms with Gasteiger partial charge in [0.2, 0.25) is 0 Å². The molecule has 0 fully saturated rings. The lowest BCUT2D eigenvalue weighted by Crippen LogP contribution is -2.18. The van der Waals surface area contributed by atoms with Crippen LogP contribution in [-0.2, 0) is 10.0 Å². The minimum Gasteiger partial charge on any atom is -0.258 e. The van der Waals surface area contributed by atoms with Gasteiger partial charge in [-0.1, -0.05) is 41.4 Å². The molecule has 126 valence electrons. The van der Waals surface area contributed by atoms with Crippen molar-refractivity contribution in [3.05, 3.63) is 67.7 Å². The van der Waals surface area contributed by atoms with Crippen LogP contribution < -0.4 is 4.83 Å². The number of rotatable bonds is 5. The maximum Gasteiger partial charge on any atom is 0.276 e. The summed E-state index contributed by atoms with van der Waals surface area (Å²) < 4.78 is 24.3. The van der Waals surface area contributed by atoms with E-state index in [9.17, 15) is 18.5 Å². The summed E-state index contributed by atoms with van der Waals surface area (Å²) in [6, 6.07) is 8.39. The molecule has 10 heteroatoms. The first-order chi connectivity index (χ1) is 11.2. The number of nitro groups is 1. The van der Waals surface area contributed by atoms with Crippen LogP contribution in [0.1, 0.15) is 11.1 Å². The van der Waals surface area contributed by atoms with E-state index in [-0.39, 0.29) is 15.6 Å². The molecule has 0 unspecified atom stereocenters. The molecule has 7 nitrogen and oxygen atoms in total. The van der Waals surface area contributed by atoms with Gasteiger partial charge in [-0.3, -0.25) is 10.1 Å². The Kier molecular flexibility index (Phi) is 5.43. The maximum atomic E-state index is 12.2. The fraction of sp³-hybridized carbons (Fsp3) is 0.0714. The number of aryl methyl sites for hydroxylation is 1. The van der Waals surface area contributed by atoms with Crippen molar-refractivity contribution in [2.75, 3.05) is 0 Å². The Labute approximate surface area is 148 Å². The van der Waals surface area contributed by atoms with Gasteiger partial charge in [0.1, 0.15) is 0 Å². The molecule has 0 heterocycles. The molecule has 0 saturated carbocycles. The van der Waals surface area contributed by atoms with Crippen molar-refractivity contribution in [3.63, 3.8) is 0 Å². The minimum atomic E-state index is -4.05. The smallest absolute Gasteiger partial charge is 0.258 e. The normalized spacial score (nSPS) is 11.6. The van der Waals surface area contributed by atoms with E-state index in [0.717, 1.165) is 6.07 Å². The highest BCUT2D eigenvalue weighted by Crippen LogP contribution is 2.24. The number of benzene rings is 2. The van der Waals surface area contributed by atoms with Crippen LogP contribution in [0.3, 0.4) is 0 Å². The minimum absolute atomic E-state index is 0.230. The Hall–Kier alpha value is -2.16. The van der Waals surface area contributed by atoms with Crippen LogP contribution >= 0.6 is 23.2 Å². The van der Waals surface area contributed by atoms with Crippen LogP contribution in [0.2, 0.25) is 10.0 Å². The highest BCUT2D eigenvalue weighted by atomic mass is 35.5. The van der Waals surface area contributed by atoms with Gasteiger partial charge in [-0.25, -0.2) is 4.83 Å². The van der Waals surface area contributed by atoms with Crippen molar-refractivity contribution in [2.24, 2.45) is 5.10 Å². The zero-order chi connectivity index (χ0) is 17.9. The van der Waals surface area contributed by atoms with Crippen molar-refractivity contribution in [1.29, 1.82) is 0 Å². The number of nitrogens with one attached hydrogen (secondary N) is 1. The standard InChI is InChI=1S/C14H11Cl2N3O4S/c1-9-5-6-11(7-13(9)19(20)21)24(22,23)18-17-8-10-3-2-4-12(15)14(10)16/h2-8,18H,1H3/b17-8-. The van der Waals surface area contributed by atoms with E-state index >= 15 is 0 Å². The van der Waals surface area contributed by atoms with E-state index in [2.05, 4.69) is 5.10 Å². The molecule has 0 aliphatic heterocycles. The lowest BCUT2D eigenvalue weighted by molar-refractivity contribution is -0.385. The highest BCUT2D eigenvalue weighted by molar-refractivity contribution is 7.89. The van der Waals surface area contributed by atoms with E-state index in [0.29, 0.717) is 16.1 Å². The quantitative estimate of drug-likeness (QED) is 0.481. The SMILES string of the molecule is Cc1ccc(S(=O)(=O)N/N=C\c2cccc(Cl)c2Cl)cc1[N+](=O)[O-]. The molecule has 0 bridgehead atoms. The Morgan fingerprint density at radius 1 is 1.25 bits per heavy atom. The van der Waals surface area contributed by atoms with Gasteiger partial charge in [-0.15, -0.1) is 0 Å². The molecule has 2 aromatic carbocycles. The summed E-state index contributed by atoms with van der Waals surface area (Å²) in [4.78, 5) is 12.0. The Morgan fingerprint density at radius 2 is 1.96 bits per heavy atom. The van der Waals surface area contributed by atoms with Crippen LogP contribution in [0, 0.1) is 17.0 Å². The van der Waals surface area contributed by atoms with Crippen molar-refractivity contribution >= 4 is 45.1 Å². The number of sulfonamides is 1. The van der Waals surface area contributed by atoms with E-state index in [1.807, 2.05) is 4.83 Å². The summed E-state index contributed by atoms with van der Waals surface area (Å²) in [6.45, 7) is 1.52. The molecule has 0 aliphatic carbocycles. The molecule has 0 spiro atoms.